The smallest absolute Gasteiger partial charge is 0.244 e. The van der Waals surface area contributed by atoms with Gasteiger partial charge in [0.1, 0.15) is 6.04 Å². The van der Waals surface area contributed by atoms with Crippen LogP contribution in [0.25, 0.3) is 0 Å². The molecule has 0 bridgehead atoms. The molecule has 1 aliphatic heterocycles. The van der Waals surface area contributed by atoms with Crippen LogP contribution in [-0.4, -0.2) is 41.9 Å². The number of likely N-dealkylation sites (tertiary alicyclic amines) is 1. The number of nitrogens with zero attached hydrogens (tertiary/aromatic N) is 1. The molecule has 1 aliphatic rings. The van der Waals surface area contributed by atoms with Crippen LogP contribution in [0.3, 0.4) is 0 Å². The number of hydrogen-bond acceptors (Lipinski definition) is 3. The molecule has 2 atom stereocenters. The van der Waals surface area contributed by atoms with Crippen molar-refractivity contribution in [3.63, 3.8) is 0 Å². The number of carbonyl (C=O) groups is 2. The second-order valence-electron chi connectivity index (χ2n) is 4.05. The molecular formula is C10H19N3O2. The average molecular weight is 213 g/mol. The number of hydrogen-bond donors (Lipinski definition) is 2. The highest BCUT2D eigenvalue weighted by molar-refractivity contribution is 5.89. The van der Waals surface area contributed by atoms with Gasteiger partial charge < -0.3 is 16.0 Å². The second kappa shape index (κ2) is 5.11. The van der Waals surface area contributed by atoms with Gasteiger partial charge >= 0.3 is 0 Å². The second-order valence-corrected chi connectivity index (χ2v) is 4.05. The van der Waals surface area contributed by atoms with Gasteiger partial charge in [0, 0.05) is 13.1 Å². The van der Waals surface area contributed by atoms with Gasteiger partial charge in [-0.25, -0.2) is 0 Å². The maximum Gasteiger partial charge on any atom is 0.244 e. The summed E-state index contributed by atoms with van der Waals surface area (Å²) in [5.41, 5.74) is 5.40. The first kappa shape index (κ1) is 12.0. The number of amides is 2. The Morgan fingerprint density at radius 3 is 2.27 bits per heavy atom. The molecule has 1 unspecified atom stereocenters. The lowest BCUT2D eigenvalue weighted by atomic mass is 10.2. The van der Waals surface area contributed by atoms with Crippen LogP contribution in [0.1, 0.15) is 26.7 Å². The quantitative estimate of drug-likeness (QED) is 0.661. The monoisotopic (exact) mass is 213 g/mol. The van der Waals surface area contributed by atoms with Crippen LogP contribution in [0.5, 0.6) is 0 Å². The molecule has 0 aromatic rings. The van der Waals surface area contributed by atoms with Gasteiger partial charge in [-0.2, -0.15) is 0 Å². The Bertz CT molecular complexity index is 247. The van der Waals surface area contributed by atoms with Crippen molar-refractivity contribution in [1.29, 1.82) is 0 Å². The molecule has 0 saturated carbocycles. The predicted octanol–water partition coefficient (Wildman–Crippen LogP) is -0.539. The van der Waals surface area contributed by atoms with E-state index in [9.17, 15) is 9.59 Å². The lowest BCUT2D eigenvalue weighted by molar-refractivity contribution is -0.135. The third-order valence-electron chi connectivity index (χ3n) is 2.56. The molecule has 0 radical (unpaired) electrons. The first-order valence-electron chi connectivity index (χ1n) is 5.37. The van der Waals surface area contributed by atoms with Crippen molar-refractivity contribution in [3.05, 3.63) is 0 Å². The van der Waals surface area contributed by atoms with Gasteiger partial charge in [-0.1, -0.05) is 0 Å². The maximum absolute atomic E-state index is 11.8. The summed E-state index contributed by atoms with van der Waals surface area (Å²) in [6, 6.07) is -1.04. The molecule has 0 aromatic heterocycles. The molecule has 3 N–H and O–H groups in total. The first-order chi connectivity index (χ1) is 7.02. The summed E-state index contributed by atoms with van der Waals surface area (Å²) in [7, 11) is 0. The van der Waals surface area contributed by atoms with Crippen LogP contribution < -0.4 is 11.1 Å². The van der Waals surface area contributed by atoms with E-state index in [1.54, 1.807) is 18.7 Å². The van der Waals surface area contributed by atoms with Crippen molar-refractivity contribution in [2.75, 3.05) is 13.1 Å². The van der Waals surface area contributed by atoms with E-state index < -0.39 is 12.1 Å². The highest BCUT2D eigenvalue weighted by atomic mass is 16.2. The SMILES string of the molecule is CC(NC(=O)[C@H](C)N)C(=O)N1CCCC1. The van der Waals surface area contributed by atoms with E-state index in [2.05, 4.69) is 5.32 Å². The minimum Gasteiger partial charge on any atom is -0.343 e. The first-order valence-corrected chi connectivity index (χ1v) is 5.37. The number of nitrogens with two attached hydrogens (primary N) is 1. The van der Waals surface area contributed by atoms with Crippen molar-refractivity contribution in [3.8, 4) is 0 Å². The van der Waals surface area contributed by atoms with E-state index in [0.717, 1.165) is 25.9 Å². The van der Waals surface area contributed by atoms with Crippen LogP contribution in [0.15, 0.2) is 0 Å². The van der Waals surface area contributed by atoms with Crippen molar-refractivity contribution in [2.45, 2.75) is 38.8 Å². The third-order valence-corrected chi connectivity index (χ3v) is 2.56. The molecule has 1 rings (SSSR count). The van der Waals surface area contributed by atoms with Crippen LogP contribution >= 0.6 is 0 Å². The van der Waals surface area contributed by atoms with Gasteiger partial charge in [0.25, 0.3) is 0 Å². The summed E-state index contributed by atoms with van der Waals surface area (Å²) in [6.45, 7) is 4.90. The average Bonchev–Trinajstić information content (AvgIpc) is 2.68. The van der Waals surface area contributed by atoms with Crippen molar-refractivity contribution >= 4 is 11.8 Å². The predicted molar refractivity (Wildman–Crippen MR) is 57.1 cm³/mol. The van der Waals surface area contributed by atoms with Gasteiger partial charge in [-0.15, -0.1) is 0 Å². The van der Waals surface area contributed by atoms with Crippen LogP contribution in [0.2, 0.25) is 0 Å². The van der Waals surface area contributed by atoms with Crippen LogP contribution in [0, 0.1) is 0 Å². The molecular weight excluding hydrogens is 194 g/mol. The number of rotatable bonds is 3. The van der Waals surface area contributed by atoms with E-state index in [4.69, 9.17) is 5.73 Å². The number of carbonyl (C=O) groups excluding carboxylic acids is 2. The third kappa shape index (κ3) is 3.20. The molecule has 5 nitrogen and oxygen atoms in total. The zero-order chi connectivity index (χ0) is 11.4. The van der Waals surface area contributed by atoms with E-state index in [-0.39, 0.29) is 11.8 Å². The minimum absolute atomic E-state index is 0.0125. The summed E-state index contributed by atoms with van der Waals surface area (Å²) < 4.78 is 0. The molecule has 0 aromatic carbocycles. The summed E-state index contributed by atoms with van der Waals surface area (Å²) in [6.07, 6.45) is 2.11. The zero-order valence-electron chi connectivity index (χ0n) is 9.32. The molecule has 1 saturated heterocycles. The molecule has 1 fully saturated rings. The standard InChI is InChI=1S/C10H19N3O2/c1-7(11)9(14)12-8(2)10(15)13-5-3-4-6-13/h7-8H,3-6,11H2,1-2H3,(H,12,14)/t7-,8?/m0/s1. The lowest BCUT2D eigenvalue weighted by Gasteiger charge is -2.21. The summed E-state index contributed by atoms with van der Waals surface area (Å²) in [5.74, 6) is -0.295. The Hall–Kier alpha value is -1.10. The molecule has 0 spiro atoms. The molecule has 86 valence electrons. The minimum atomic E-state index is -0.571. The summed E-state index contributed by atoms with van der Waals surface area (Å²) >= 11 is 0. The Morgan fingerprint density at radius 2 is 1.80 bits per heavy atom. The molecule has 1 heterocycles. The Balaban J connectivity index is 2.42. The lowest BCUT2D eigenvalue weighted by Crippen LogP contribution is -2.50. The van der Waals surface area contributed by atoms with Crippen LogP contribution in [-0.2, 0) is 9.59 Å². The Morgan fingerprint density at radius 1 is 1.27 bits per heavy atom. The van der Waals surface area contributed by atoms with Gasteiger partial charge in [-0.05, 0) is 26.7 Å². The Labute approximate surface area is 90.0 Å². The highest BCUT2D eigenvalue weighted by Crippen LogP contribution is 2.08. The molecule has 2 amide bonds. The van der Waals surface area contributed by atoms with E-state index >= 15 is 0 Å². The Kier molecular flexibility index (Phi) is 4.08. The normalized spacial score (nSPS) is 19.8. The van der Waals surface area contributed by atoms with E-state index in [1.165, 1.54) is 0 Å². The van der Waals surface area contributed by atoms with Crippen molar-refractivity contribution in [2.24, 2.45) is 5.73 Å². The maximum atomic E-state index is 11.8. The van der Waals surface area contributed by atoms with E-state index in [1.807, 2.05) is 0 Å². The fraction of sp³-hybridized carbons (Fsp3) is 0.800. The van der Waals surface area contributed by atoms with E-state index in [0.29, 0.717) is 0 Å². The topological polar surface area (TPSA) is 75.4 Å². The van der Waals surface area contributed by atoms with Crippen molar-refractivity contribution < 1.29 is 9.59 Å². The van der Waals surface area contributed by atoms with Gasteiger partial charge in [-0.3, -0.25) is 9.59 Å². The van der Waals surface area contributed by atoms with Crippen molar-refractivity contribution in [1.82, 2.24) is 10.2 Å². The van der Waals surface area contributed by atoms with Gasteiger partial charge in [0.2, 0.25) is 11.8 Å². The summed E-state index contributed by atoms with van der Waals surface area (Å²) in [5, 5.41) is 2.60. The van der Waals surface area contributed by atoms with Crippen LogP contribution in [0.4, 0.5) is 0 Å². The zero-order valence-corrected chi connectivity index (χ0v) is 9.32. The largest absolute Gasteiger partial charge is 0.343 e. The summed E-state index contributed by atoms with van der Waals surface area (Å²) in [4.78, 5) is 24.8. The fourth-order valence-corrected chi connectivity index (χ4v) is 1.62. The fourth-order valence-electron chi connectivity index (χ4n) is 1.62. The van der Waals surface area contributed by atoms with Gasteiger partial charge in [0.15, 0.2) is 0 Å². The molecule has 5 heteroatoms. The molecule has 0 aliphatic carbocycles. The van der Waals surface area contributed by atoms with Gasteiger partial charge in [0.05, 0.1) is 6.04 Å². The molecule has 15 heavy (non-hydrogen) atoms. The number of nitrogens with one attached hydrogen (secondary N) is 1. The highest BCUT2D eigenvalue weighted by Gasteiger charge is 2.24.